The van der Waals surface area contributed by atoms with Gasteiger partial charge in [-0.2, -0.15) is 0 Å². The first-order valence-electron chi connectivity index (χ1n) is 10.8. The van der Waals surface area contributed by atoms with Crippen LogP contribution in [0.15, 0.2) is 58.3 Å². The number of ether oxygens (including phenoxy) is 2. The van der Waals surface area contributed by atoms with Crippen LogP contribution in [0.3, 0.4) is 0 Å². The summed E-state index contributed by atoms with van der Waals surface area (Å²) in [5.74, 6) is 0.380. The molecule has 0 aliphatic rings. The van der Waals surface area contributed by atoms with Crippen molar-refractivity contribution < 1.29 is 23.9 Å². The first-order chi connectivity index (χ1) is 16.5. The van der Waals surface area contributed by atoms with Crippen LogP contribution in [-0.2, 0) is 16.0 Å². The van der Waals surface area contributed by atoms with Gasteiger partial charge in [-0.1, -0.05) is 25.1 Å². The number of carbonyl (C=O) groups is 3. The zero-order valence-electron chi connectivity index (χ0n) is 19.0. The van der Waals surface area contributed by atoms with E-state index in [0.717, 1.165) is 17.2 Å². The van der Waals surface area contributed by atoms with E-state index in [2.05, 4.69) is 10.3 Å². The van der Waals surface area contributed by atoms with Crippen molar-refractivity contribution in [3.05, 3.63) is 70.7 Å². The van der Waals surface area contributed by atoms with Gasteiger partial charge in [-0.05, 0) is 55.0 Å². The fraction of sp³-hybridized carbons (Fsp3) is 0.280. The molecule has 2 aromatic carbocycles. The molecular formula is C25H26N2O5S2. The molecule has 1 aromatic heterocycles. The third kappa shape index (κ3) is 7.71. The number of anilines is 1. The molecule has 0 unspecified atom stereocenters. The fourth-order valence-corrected chi connectivity index (χ4v) is 4.61. The van der Waals surface area contributed by atoms with E-state index in [9.17, 15) is 14.4 Å². The Morgan fingerprint density at radius 2 is 1.74 bits per heavy atom. The lowest BCUT2D eigenvalue weighted by atomic mass is 10.1. The zero-order valence-corrected chi connectivity index (χ0v) is 20.7. The lowest BCUT2D eigenvalue weighted by Gasteiger charge is -2.06. The van der Waals surface area contributed by atoms with E-state index in [0.29, 0.717) is 34.9 Å². The van der Waals surface area contributed by atoms with Gasteiger partial charge >= 0.3 is 5.97 Å². The Labute approximate surface area is 206 Å². The predicted molar refractivity (Wildman–Crippen MR) is 134 cm³/mol. The van der Waals surface area contributed by atoms with E-state index in [1.807, 2.05) is 12.3 Å². The van der Waals surface area contributed by atoms with Crippen LogP contribution in [0.4, 0.5) is 5.69 Å². The Kier molecular flexibility index (Phi) is 9.66. The molecule has 0 spiro atoms. The van der Waals surface area contributed by atoms with Crippen molar-refractivity contribution in [2.24, 2.45) is 0 Å². The molecule has 9 heteroatoms. The van der Waals surface area contributed by atoms with E-state index in [-0.39, 0.29) is 29.8 Å². The third-order valence-electron chi connectivity index (χ3n) is 4.75. The van der Waals surface area contributed by atoms with Crippen molar-refractivity contribution in [3.63, 3.8) is 0 Å². The Balaban J connectivity index is 1.45. The highest BCUT2D eigenvalue weighted by Gasteiger charge is 2.12. The van der Waals surface area contributed by atoms with Crippen LogP contribution in [0, 0.1) is 0 Å². The van der Waals surface area contributed by atoms with Gasteiger partial charge in [0.05, 0.1) is 37.1 Å². The predicted octanol–water partition coefficient (Wildman–Crippen LogP) is 5.26. The Hall–Kier alpha value is -3.17. The maximum atomic E-state index is 12.4. The number of aromatic nitrogens is 1. The zero-order chi connectivity index (χ0) is 24.3. The van der Waals surface area contributed by atoms with Gasteiger partial charge < -0.3 is 14.8 Å². The van der Waals surface area contributed by atoms with Gasteiger partial charge in [-0.25, -0.2) is 9.78 Å². The SMILES string of the molecule is CCCCOC(=O)c1ccc(NC(=O)Cc2csc(SCC(=O)c3ccc(OC)cc3)n2)cc1. The number of nitrogens with zero attached hydrogens (tertiary/aromatic N) is 1. The Morgan fingerprint density at radius 3 is 2.41 bits per heavy atom. The summed E-state index contributed by atoms with van der Waals surface area (Å²) < 4.78 is 11.0. The van der Waals surface area contributed by atoms with Gasteiger partial charge in [0, 0.05) is 16.6 Å². The van der Waals surface area contributed by atoms with E-state index < -0.39 is 0 Å². The van der Waals surface area contributed by atoms with Gasteiger partial charge in [0.2, 0.25) is 5.91 Å². The van der Waals surface area contributed by atoms with E-state index in [1.165, 1.54) is 23.1 Å². The van der Waals surface area contributed by atoms with Crippen LogP contribution < -0.4 is 10.1 Å². The number of Topliss-reactive ketones (excluding diaryl/α,β-unsaturated/α-hetero) is 1. The minimum absolute atomic E-state index is 0.000150. The molecule has 0 aliphatic heterocycles. The molecule has 0 atom stereocenters. The molecule has 1 amide bonds. The van der Waals surface area contributed by atoms with E-state index >= 15 is 0 Å². The number of benzene rings is 2. The van der Waals surface area contributed by atoms with Crippen molar-refractivity contribution in [1.82, 2.24) is 4.98 Å². The summed E-state index contributed by atoms with van der Waals surface area (Å²) in [6, 6.07) is 13.6. The molecule has 34 heavy (non-hydrogen) atoms. The Morgan fingerprint density at radius 1 is 1.03 bits per heavy atom. The van der Waals surface area contributed by atoms with Gasteiger partial charge in [-0.3, -0.25) is 9.59 Å². The second-order valence-corrected chi connectivity index (χ2v) is 9.42. The normalized spacial score (nSPS) is 10.5. The Bertz CT molecular complexity index is 1110. The molecule has 0 fully saturated rings. The second kappa shape index (κ2) is 12.9. The number of methoxy groups -OCH3 is 1. The highest BCUT2D eigenvalue weighted by atomic mass is 32.2. The summed E-state index contributed by atoms with van der Waals surface area (Å²) in [4.78, 5) is 41.1. The molecule has 0 saturated heterocycles. The number of thiazole rings is 1. The van der Waals surface area contributed by atoms with Crippen LogP contribution in [0.5, 0.6) is 5.75 Å². The van der Waals surface area contributed by atoms with Crippen molar-refractivity contribution in [3.8, 4) is 5.75 Å². The fourth-order valence-electron chi connectivity index (χ4n) is 2.88. The second-order valence-electron chi connectivity index (χ2n) is 7.34. The summed E-state index contributed by atoms with van der Waals surface area (Å²) in [5.41, 5.74) is 2.28. The minimum Gasteiger partial charge on any atom is -0.497 e. The summed E-state index contributed by atoms with van der Waals surface area (Å²) in [7, 11) is 1.58. The summed E-state index contributed by atoms with van der Waals surface area (Å²) >= 11 is 2.75. The molecular weight excluding hydrogens is 472 g/mol. The summed E-state index contributed by atoms with van der Waals surface area (Å²) in [5, 5.41) is 4.62. The number of nitrogens with one attached hydrogen (secondary N) is 1. The highest BCUT2D eigenvalue weighted by Crippen LogP contribution is 2.24. The number of carbonyl (C=O) groups excluding carboxylic acids is 3. The number of esters is 1. The number of rotatable bonds is 12. The average Bonchev–Trinajstić information content (AvgIpc) is 3.30. The van der Waals surface area contributed by atoms with Crippen molar-refractivity contribution >= 4 is 46.4 Å². The maximum absolute atomic E-state index is 12.4. The van der Waals surface area contributed by atoms with Gasteiger partial charge in [-0.15, -0.1) is 11.3 Å². The topological polar surface area (TPSA) is 94.6 Å². The maximum Gasteiger partial charge on any atom is 0.338 e. The van der Waals surface area contributed by atoms with Gasteiger partial charge in [0.25, 0.3) is 0 Å². The molecule has 0 radical (unpaired) electrons. The number of hydrogen-bond donors (Lipinski definition) is 1. The minimum atomic E-state index is -0.371. The van der Waals surface area contributed by atoms with Crippen molar-refractivity contribution in [1.29, 1.82) is 0 Å². The first kappa shape index (κ1) is 25.5. The molecule has 1 N–H and O–H groups in total. The molecule has 0 aliphatic carbocycles. The number of unbranched alkanes of at least 4 members (excludes halogenated alkanes) is 1. The number of amides is 1. The van der Waals surface area contributed by atoms with Crippen molar-refractivity contribution in [2.45, 2.75) is 30.5 Å². The van der Waals surface area contributed by atoms with Crippen LogP contribution in [-0.4, -0.2) is 42.1 Å². The third-order valence-corrected chi connectivity index (χ3v) is 6.82. The quantitative estimate of drug-likeness (QED) is 0.157. The lowest BCUT2D eigenvalue weighted by molar-refractivity contribution is -0.115. The number of thioether (sulfide) groups is 1. The molecule has 0 bridgehead atoms. The number of ketones is 1. The molecule has 0 saturated carbocycles. The molecule has 178 valence electrons. The van der Waals surface area contributed by atoms with Crippen LogP contribution >= 0.6 is 23.1 Å². The van der Waals surface area contributed by atoms with Crippen molar-refractivity contribution in [2.75, 3.05) is 24.8 Å². The standard InChI is InChI=1S/C25H26N2O5S2/c1-3-4-13-32-24(30)18-5-9-19(10-6-18)26-23(29)14-20-15-33-25(27-20)34-16-22(28)17-7-11-21(31-2)12-8-17/h5-12,15H,3-4,13-14,16H2,1-2H3,(H,26,29). The number of hydrogen-bond acceptors (Lipinski definition) is 8. The van der Waals surface area contributed by atoms with Gasteiger partial charge in [0.15, 0.2) is 10.1 Å². The molecule has 1 heterocycles. The molecule has 3 rings (SSSR count). The lowest BCUT2D eigenvalue weighted by Crippen LogP contribution is -2.14. The highest BCUT2D eigenvalue weighted by molar-refractivity contribution is 8.01. The van der Waals surface area contributed by atoms with Crippen LogP contribution in [0.25, 0.3) is 0 Å². The van der Waals surface area contributed by atoms with E-state index in [4.69, 9.17) is 9.47 Å². The monoisotopic (exact) mass is 498 g/mol. The smallest absolute Gasteiger partial charge is 0.338 e. The molecule has 7 nitrogen and oxygen atoms in total. The van der Waals surface area contributed by atoms with Crippen LogP contribution in [0.2, 0.25) is 0 Å². The summed E-state index contributed by atoms with van der Waals surface area (Å²) in [6.07, 6.45) is 1.90. The van der Waals surface area contributed by atoms with Crippen LogP contribution in [0.1, 0.15) is 46.2 Å². The van der Waals surface area contributed by atoms with E-state index in [1.54, 1.807) is 55.6 Å². The van der Waals surface area contributed by atoms with Gasteiger partial charge in [0.1, 0.15) is 5.75 Å². The largest absolute Gasteiger partial charge is 0.497 e. The average molecular weight is 499 g/mol. The first-order valence-corrected chi connectivity index (χ1v) is 12.7. The summed E-state index contributed by atoms with van der Waals surface area (Å²) in [6.45, 7) is 2.43. The molecule has 3 aromatic rings.